The lowest BCUT2D eigenvalue weighted by Gasteiger charge is -2.18. The summed E-state index contributed by atoms with van der Waals surface area (Å²) in [5.74, 6) is 4.46. The van der Waals surface area contributed by atoms with Crippen LogP contribution in [-0.4, -0.2) is 23.3 Å². The molecule has 0 radical (unpaired) electrons. The van der Waals surface area contributed by atoms with Crippen LogP contribution in [0.3, 0.4) is 0 Å². The summed E-state index contributed by atoms with van der Waals surface area (Å²) in [4.78, 5) is 25.1. The van der Waals surface area contributed by atoms with Crippen molar-refractivity contribution in [3.05, 3.63) is 35.1 Å². The van der Waals surface area contributed by atoms with Crippen molar-refractivity contribution in [2.24, 2.45) is 5.73 Å². The Labute approximate surface area is 123 Å². The summed E-state index contributed by atoms with van der Waals surface area (Å²) >= 11 is 0. The Balaban J connectivity index is 2.22. The summed E-state index contributed by atoms with van der Waals surface area (Å²) in [6.07, 6.45) is 2.23. The Bertz CT molecular complexity index is 598. The molecule has 2 N–H and O–H groups in total. The highest BCUT2D eigenvalue weighted by Crippen LogP contribution is 2.17. The number of hydrogen-bond donors (Lipinski definition) is 1. The number of carbonyl (C=O) groups excluding carboxylic acids is 2. The lowest BCUT2D eigenvalue weighted by molar-refractivity contribution is -0.144. The van der Waals surface area contributed by atoms with Crippen LogP contribution in [0.4, 0.5) is 4.39 Å². The second kappa shape index (κ2) is 7.00. The van der Waals surface area contributed by atoms with E-state index in [4.69, 9.17) is 5.73 Å². The van der Waals surface area contributed by atoms with Gasteiger partial charge in [-0.05, 0) is 30.5 Å². The van der Waals surface area contributed by atoms with Crippen LogP contribution < -0.4 is 5.73 Å². The van der Waals surface area contributed by atoms with E-state index in [2.05, 4.69) is 11.8 Å². The van der Waals surface area contributed by atoms with Crippen molar-refractivity contribution in [1.29, 1.82) is 0 Å². The molecule has 1 saturated heterocycles. The zero-order valence-electron chi connectivity index (χ0n) is 11.7. The van der Waals surface area contributed by atoms with Crippen LogP contribution in [0.15, 0.2) is 18.2 Å². The van der Waals surface area contributed by atoms with Crippen molar-refractivity contribution in [2.45, 2.75) is 32.2 Å². The predicted molar refractivity (Wildman–Crippen MR) is 76.4 cm³/mol. The van der Waals surface area contributed by atoms with Crippen LogP contribution in [0.2, 0.25) is 0 Å². The Hall–Kier alpha value is -2.19. The highest BCUT2D eigenvalue weighted by molar-refractivity contribution is 5.95. The fraction of sp³-hybridized carbons (Fsp3) is 0.375. The van der Waals surface area contributed by atoms with E-state index >= 15 is 0 Å². The third-order valence-corrected chi connectivity index (χ3v) is 3.33. The smallest absolute Gasteiger partial charge is 0.229 e. The SMILES string of the molecule is NCC#Cc1cc(CN2C(=O)CCCCC2=O)ccc1F. The predicted octanol–water partition coefficient (Wildman–Crippen LogP) is 1.57. The quantitative estimate of drug-likeness (QED) is 0.663. The summed E-state index contributed by atoms with van der Waals surface area (Å²) in [6.45, 7) is 0.308. The largest absolute Gasteiger partial charge is 0.320 e. The van der Waals surface area contributed by atoms with Gasteiger partial charge in [-0.15, -0.1) is 0 Å². The highest BCUT2D eigenvalue weighted by atomic mass is 19.1. The lowest BCUT2D eigenvalue weighted by atomic mass is 10.1. The fourth-order valence-corrected chi connectivity index (χ4v) is 2.23. The molecular formula is C16H17FN2O2. The van der Waals surface area contributed by atoms with Gasteiger partial charge in [0.05, 0.1) is 18.7 Å². The van der Waals surface area contributed by atoms with E-state index in [1.807, 2.05) is 0 Å². The van der Waals surface area contributed by atoms with Gasteiger partial charge in [-0.2, -0.15) is 0 Å². The van der Waals surface area contributed by atoms with Crippen molar-refractivity contribution in [3.8, 4) is 11.8 Å². The average Bonchev–Trinajstić information content (AvgIpc) is 2.63. The molecule has 5 heteroatoms. The van der Waals surface area contributed by atoms with Gasteiger partial charge in [0.15, 0.2) is 0 Å². The first-order valence-corrected chi connectivity index (χ1v) is 6.92. The molecule has 2 amide bonds. The van der Waals surface area contributed by atoms with E-state index in [0.717, 1.165) is 12.8 Å². The molecule has 1 heterocycles. The van der Waals surface area contributed by atoms with E-state index in [9.17, 15) is 14.0 Å². The van der Waals surface area contributed by atoms with Crippen molar-refractivity contribution >= 4 is 11.8 Å². The number of halogens is 1. The summed E-state index contributed by atoms with van der Waals surface area (Å²) in [6, 6.07) is 4.42. The van der Waals surface area contributed by atoms with Gasteiger partial charge in [0.2, 0.25) is 11.8 Å². The number of nitrogens with zero attached hydrogens (tertiary/aromatic N) is 1. The Morgan fingerprint density at radius 1 is 1.19 bits per heavy atom. The first-order chi connectivity index (χ1) is 10.1. The number of amides is 2. The highest BCUT2D eigenvalue weighted by Gasteiger charge is 2.24. The number of rotatable bonds is 2. The molecule has 0 bridgehead atoms. The van der Waals surface area contributed by atoms with Gasteiger partial charge in [0, 0.05) is 12.8 Å². The minimum atomic E-state index is -0.437. The number of imide groups is 1. The summed E-state index contributed by atoms with van der Waals surface area (Å²) in [7, 11) is 0. The van der Waals surface area contributed by atoms with Gasteiger partial charge in [-0.3, -0.25) is 14.5 Å². The number of nitrogens with two attached hydrogens (primary N) is 1. The molecule has 1 aliphatic heterocycles. The molecule has 21 heavy (non-hydrogen) atoms. The van der Waals surface area contributed by atoms with Crippen LogP contribution in [0.1, 0.15) is 36.8 Å². The van der Waals surface area contributed by atoms with Crippen molar-refractivity contribution in [3.63, 3.8) is 0 Å². The second-order valence-electron chi connectivity index (χ2n) is 4.90. The maximum atomic E-state index is 13.6. The zero-order chi connectivity index (χ0) is 15.2. The summed E-state index contributed by atoms with van der Waals surface area (Å²) in [5, 5.41) is 0. The van der Waals surface area contributed by atoms with Crippen LogP contribution in [0, 0.1) is 17.7 Å². The van der Waals surface area contributed by atoms with E-state index in [-0.39, 0.29) is 30.5 Å². The molecule has 0 aromatic heterocycles. The van der Waals surface area contributed by atoms with E-state index in [1.54, 1.807) is 12.1 Å². The molecule has 1 fully saturated rings. The van der Waals surface area contributed by atoms with E-state index < -0.39 is 5.82 Å². The van der Waals surface area contributed by atoms with E-state index in [0.29, 0.717) is 18.4 Å². The number of carbonyl (C=O) groups is 2. The molecule has 1 aromatic rings. The minimum Gasteiger partial charge on any atom is -0.320 e. The molecule has 0 aliphatic carbocycles. The van der Waals surface area contributed by atoms with Crippen molar-refractivity contribution in [2.75, 3.05) is 6.54 Å². The summed E-state index contributed by atoms with van der Waals surface area (Å²) in [5.41, 5.74) is 6.19. The molecule has 0 atom stereocenters. The Morgan fingerprint density at radius 3 is 2.48 bits per heavy atom. The molecule has 1 aliphatic rings. The standard InChI is InChI=1S/C16H17FN2O2/c17-14-8-7-12(10-13(14)4-3-9-18)11-19-15(20)5-1-2-6-16(19)21/h7-8,10H,1-2,5-6,9,11,18H2. The Kier molecular flexibility index (Phi) is 5.07. The Morgan fingerprint density at radius 2 is 1.86 bits per heavy atom. The normalized spacial score (nSPS) is 15.4. The minimum absolute atomic E-state index is 0.146. The van der Waals surface area contributed by atoms with Crippen molar-refractivity contribution in [1.82, 2.24) is 4.90 Å². The van der Waals surface area contributed by atoms with Gasteiger partial charge in [-0.1, -0.05) is 17.9 Å². The number of likely N-dealkylation sites (tertiary alicyclic amines) is 1. The van der Waals surface area contributed by atoms with Gasteiger partial charge in [-0.25, -0.2) is 4.39 Å². The van der Waals surface area contributed by atoms with Gasteiger partial charge >= 0.3 is 0 Å². The molecule has 0 spiro atoms. The van der Waals surface area contributed by atoms with Gasteiger partial charge in [0.25, 0.3) is 0 Å². The maximum Gasteiger partial charge on any atom is 0.229 e. The molecule has 4 nitrogen and oxygen atoms in total. The zero-order valence-corrected chi connectivity index (χ0v) is 11.7. The molecule has 1 aromatic carbocycles. The number of benzene rings is 1. The lowest BCUT2D eigenvalue weighted by Crippen LogP contribution is -2.34. The first-order valence-electron chi connectivity index (χ1n) is 6.92. The van der Waals surface area contributed by atoms with Gasteiger partial charge in [0.1, 0.15) is 5.82 Å². The van der Waals surface area contributed by atoms with Crippen molar-refractivity contribution < 1.29 is 14.0 Å². The van der Waals surface area contributed by atoms with Crippen LogP contribution >= 0.6 is 0 Å². The van der Waals surface area contributed by atoms with Gasteiger partial charge < -0.3 is 5.73 Å². The third kappa shape index (κ3) is 3.89. The van der Waals surface area contributed by atoms with Crippen LogP contribution in [0.5, 0.6) is 0 Å². The van der Waals surface area contributed by atoms with Crippen LogP contribution in [0.25, 0.3) is 0 Å². The molecule has 110 valence electrons. The molecular weight excluding hydrogens is 271 g/mol. The van der Waals surface area contributed by atoms with Crippen LogP contribution in [-0.2, 0) is 16.1 Å². The second-order valence-corrected chi connectivity index (χ2v) is 4.90. The molecule has 2 rings (SSSR count). The first kappa shape index (κ1) is 15.2. The monoisotopic (exact) mass is 288 g/mol. The number of hydrogen-bond acceptors (Lipinski definition) is 3. The average molecular weight is 288 g/mol. The molecule has 0 unspecified atom stereocenters. The maximum absolute atomic E-state index is 13.6. The summed E-state index contributed by atoms with van der Waals surface area (Å²) < 4.78 is 13.6. The molecule has 0 saturated carbocycles. The van der Waals surface area contributed by atoms with E-state index in [1.165, 1.54) is 11.0 Å². The third-order valence-electron chi connectivity index (χ3n) is 3.33. The topological polar surface area (TPSA) is 63.4 Å². The fourth-order valence-electron chi connectivity index (χ4n) is 2.23.